The minimum absolute atomic E-state index is 0.139. The number of benzene rings is 2. The lowest BCUT2D eigenvalue weighted by atomic mass is 10.0. The number of hydrogen-bond donors (Lipinski definition) is 0. The first kappa shape index (κ1) is 13.1. The third-order valence-corrected chi connectivity index (χ3v) is 3.82. The number of carbonyl (C=O) groups is 1. The van der Waals surface area contributed by atoms with E-state index in [1.807, 2.05) is 36.1 Å². The summed E-state index contributed by atoms with van der Waals surface area (Å²) in [6.07, 6.45) is 0.605. The molecule has 3 nitrogen and oxygen atoms in total. The zero-order valence-electron chi connectivity index (χ0n) is 11.7. The van der Waals surface area contributed by atoms with Crippen molar-refractivity contribution < 1.29 is 9.53 Å². The molecule has 1 fully saturated rings. The molecule has 1 saturated heterocycles. The summed E-state index contributed by atoms with van der Waals surface area (Å²) in [5.41, 5.74) is 1.10. The molecule has 3 heteroatoms. The minimum atomic E-state index is 0.139. The molecule has 0 spiro atoms. The van der Waals surface area contributed by atoms with Crippen molar-refractivity contribution in [3.63, 3.8) is 0 Å². The Labute approximate surface area is 119 Å². The highest BCUT2D eigenvalue weighted by Crippen LogP contribution is 2.19. The number of amides is 1. The molecule has 0 bridgehead atoms. The van der Waals surface area contributed by atoms with Crippen molar-refractivity contribution in [3.05, 3.63) is 48.0 Å². The van der Waals surface area contributed by atoms with Crippen molar-refractivity contribution in [2.24, 2.45) is 0 Å². The van der Waals surface area contributed by atoms with Crippen molar-refractivity contribution in [2.45, 2.75) is 19.4 Å². The Morgan fingerprint density at radius 2 is 2.05 bits per heavy atom. The topological polar surface area (TPSA) is 29.5 Å². The zero-order valence-corrected chi connectivity index (χ0v) is 11.7. The average Bonchev–Trinajstić information content (AvgIpc) is 2.47. The quantitative estimate of drug-likeness (QED) is 0.838. The smallest absolute Gasteiger partial charge is 0.227 e. The summed E-state index contributed by atoms with van der Waals surface area (Å²) in [7, 11) is 0. The van der Waals surface area contributed by atoms with Crippen molar-refractivity contribution in [2.75, 3.05) is 19.7 Å². The lowest BCUT2D eigenvalue weighted by molar-refractivity contribution is -0.137. The molecule has 1 unspecified atom stereocenters. The molecule has 0 N–H and O–H groups in total. The lowest BCUT2D eigenvalue weighted by Crippen LogP contribution is -2.45. The summed E-state index contributed by atoms with van der Waals surface area (Å²) in [6, 6.07) is 14.4. The van der Waals surface area contributed by atoms with Gasteiger partial charge in [-0.2, -0.15) is 0 Å². The van der Waals surface area contributed by atoms with Gasteiger partial charge in [-0.25, -0.2) is 0 Å². The summed E-state index contributed by atoms with van der Waals surface area (Å²) in [6.45, 7) is 4.05. The fourth-order valence-corrected chi connectivity index (χ4v) is 2.77. The van der Waals surface area contributed by atoms with E-state index in [1.165, 1.54) is 10.8 Å². The van der Waals surface area contributed by atoms with Gasteiger partial charge in [0.25, 0.3) is 0 Å². The van der Waals surface area contributed by atoms with Gasteiger partial charge in [-0.05, 0) is 23.3 Å². The highest BCUT2D eigenvalue weighted by Gasteiger charge is 2.21. The molecule has 1 heterocycles. The van der Waals surface area contributed by atoms with E-state index in [0.717, 1.165) is 5.56 Å². The van der Waals surface area contributed by atoms with E-state index in [4.69, 9.17) is 4.74 Å². The van der Waals surface area contributed by atoms with E-state index in [0.29, 0.717) is 26.1 Å². The van der Waals surface area contributed by atoms with Crippen LogP contribution in [0.15, 0.2) is 42.5 Å². The van der Waals surface area contributed by atoms with Gasteiger partial charge in [-0.1, -0.05) is 42.5 Å². The van der Waals surface area contributed by atoms with Crippen LogP contribution >= 0.6 is 0 Å². The van der Waals surface area contributed by atoms with Crippen LogP contribution in [0.25, 0.3) is 10.8 Å². The van der Waals surface area contributed by atoms with E-state index in [2.05, 4.69) is 18.2 Å². The summed E-state index contributed by atoms with van der Waals surface area (Å²) in [5, 5.41) is 2.36. The summed E-state index contributed by atoms with van der Waals surface area (Å²) in [4.78, 5) is 14.3. The van der Waals surface area contributed by atoms with Crippen LogP contribution in [0.5, 0.6) is 0 Å². The first-order valence-electron chi connectivity index (χ1n) is 7.10. The number of carbonyl (C=O) groups excluding carboxylic acids is 1. The fraction of sp³-hybridized carbons (Fsp3) is 0.353. The monoisotopic (exact) mass is 269 g/mol. The summed E-state index contributed by atoms with van der Waals surface area (Å²) in [5.74, 6) is 0.191. The molecular weight excluding hydrogens is 250 g/mol. The van der Waals surface area contributed by atoms with E-state index in [-0.39, 0.29) is 12.0 Å². The molecule has 1 amide bonds. The number of nitrogens with zero attached hydrogens (tertiary/aromatic N) is 1. The Balaban J connectivity index is 1.80. The maximum absolute atomic E-state index is 12.4. The Kier molecular flexibility index (Phi) is 3.70. The predicted octanol–water partition coefficient (Wildman–Crippen LogP) is 2.63. The van der Waals surface area contributed by atoms with Crippen LogP contribution in [-0.4, -0.2) is 36.6 Å². The van der Waals surface area contributed by atoms with Crippen molar-refractivity contribution in [3.8, 4) is 0 Å². The van der Waals surface area contributed by atoms with Crippen LogP contribution in [0, 0.1) is 0 Å². The Hall–Kier alpha value is -1.87. The van der Waals surface area contributed by atoms with Crippen LogP contribution < -0.4 is 0 Å². The van der Waals surface area contributed by atoms with E-state index in [9.17, 15) is 4.79 Å². The molecule has 0 saturated carbocycles. The fourth-order valence-electron chi connectivity index (χ4n) is 2.77. The number of fused-ring (bicyclic) bond motifs is 1. The molecule has 1 aliphatic rings. The lowest BCUT2D eigenvalue weighted by Gasteiger charge is -2.31. The van der Waals surface area contributed by atoms with Gasteiger partial charge < -0.3 is 9.64 Å². The zero-order chi connectivity index (χ0) is 13.9. The van der Waals surface area contributed by atoms with Crippen LogP contribution in [0.3, 0.4) is 0 Å². The summed E-state index contributed by atoms with van der Waals surface area (Å²) >= 11 is 0. The highest BCUT2D eigenvalue weighted by atomic mass is 16.5. The average molecular weight is 269 g/mol. The van der Waals surface area contributed by atoms with Crippen molar-refractivity contribution in [1.82, 2.24) is 4.90 Å². The molecule has 104 valence electrons. The van der Waals surface area contributed by atoms with Crippen LogP contribution in [-0.2, 0) is 16.0 Å². The second kappa shape index (κ2) is 5.63. The standard InChI is InChI=1S/C17H19NO2/c1-13-12-18(9-10-20-13)17(19)11-15-7-4-6-14-5-2-3-8-16(14)15/h2-8,13H,9-12H2,1H3. The van der Waals surface area contributed by atoms with Gasteiger partial charge >= 0.3 is 0 Å². The second-order valence-corrected chi connectivity index (χ2v) is 5.34. The van der Waals surface area contributed by atoms with Gasteiger partial charge in [-0.3, -0.25) is 4.79 Å². The number of morpholine rings is 1. The van der Waals surface area contributed by atoms with Gasteiger partial charge in [0.2, 0.25) is 5.91 Å². The molecule has 0 aliphatic carbocycles. The van der Waals surface area contributed by atoms with E-state index < -0.39 is 0 Å². The molecule has 20 heavy (non-hydrogen) atoms. The molecule has 0 aromatic heterocycles. The van der Waals surface area contributed by atoms with Crippen LogP contribution in [0.1, 0.15) is 12.5 Å². The third-order valence-electron chi connectivity index (χ3n) is 3.82. The first-order valence-corrected chi connectivity index (χ1v) is 7.10. The third kappa shape index (κ3) is 2.68. The van der Waals surface area contributed by atoms with Gasteiger partial charge in [0.05, 0.1) is 19.1 Å². The molecule has 3 rings (SSSR count). The first-order chi connectivity index (χ1) is 9.74. The predicted molar refractivity (Wildman–Crippen MR) is 79.6 cm³/mol. The normalized spacial score (nSPS) is 19.2. The number of hydrogen-bond acceptors (Lipinski definition) is 2. The SMILES string of the molecule is CC1CN(C(=O)Cc2cccc3ccccc23)CCO1. The van der Waals surface area contributed by atoms with Crippen LogP contribution in [0.4, 0.5) is 0 Å². The molecule has 0 radical (unpaired) electrons. The summed E-state index contributed by atoms with van der Waals surface area (Å²) < 4.78 is 5.48. The van der Waals surface area contributed by atoms with Crippen molar-refractivity contribution in [1.29, 1.82) is 0 Å². The Morgan fingerprint density at radius 1 is 1.25 bits per heavy atom. The number of rotatable bonds is 2. The molecule has 2 aromatic rings. The second-order valence-electron chi connectivity index (χ2n) is 5.34. The van der Waals surface area contributed by atoms with Gasteiger partial charge in [0.15, 0.2) is 0 Å². The maximum Gasteiger partial charge on any atom is 0.227 e. The Bertz CT molecular complexity index is 618. The maximum atomic E-state index is 12.4. The number of ether oxygens (including phenoxy) is 1. The van der Waals surface area contributed by atoms with E-state index in [1.54, 1.807) is 0 Å². The van der Waals surface area contributed by atoms with Gasteiger partial charge in [0.1, 0.15) is 0 Å². The molecule has 1 aliphatic heterocycles. The highest BCUT2D eigenvalue weighted by molar-refractivity contribution is 5.90. The van der Waals surface area contributed by atoms with Gasteiger partial charge in [-0.15, -0.1) is 0 Å². The Morgan fingerprint density at radius 3 is 2.90 bits per heavy atom. The van der Waals surface area contributed by atoms with Gasteiger partial charge in [0, 0.05) is 13.1 Å². The van der Waals surface area contributed by atoms with Crippen LogP contribution in [0.2, 0.25) is 0 Å². The molecular formula is C17H19NO2. The molecule has 1 atom stereocenters. The van der Waals surface area contributed by atoms with Crippen molar-refractivity contribution >= 4 is 16.7 Å². The largest absolute Gasteiger partial charge is 0.375 e. The minimum Gasteiger partial charge on any atom is -0.375 e. The molecule has 2 aromatic carbocycles. The van der Waals surface area contributed by atoms with E-state index >= 15 is 0 Å².